The highest BCUT2D eigenvalue weighted by Gasteiger charge is 2.12. The summed E-state index contributed by atoms with van der Waals surface area (Å²) in [6.45, 7) is 1.71. The van der Waals surface area contributed by atoms with E-state index in [1.54, 1.807) is 14.0 Å². The van der Waals surface area contributed by atoms with Gasteiger partial charge in [0, 0.05) is 7.05 Å². The Morgan fingerprint density at radius 3 is 2.38 bits per heavy atom. The van der Waals surface area contributed by atoms with Gasteiger partial charge in [-0.1, -0.05) is 0 Å². The summed E-state index contributed by atoms with van der Waals surface area (Å²) >= 11 is 0. The number of aromatic nitrogens is 2. The molecule has 7 heteroatoms. The molecule has 74 valence electrons. The maximum atomic E-state index is 10.9. The van der Waals surface area contributed by atoms with Gasteiger partial charge in [0.15, 0.2) is 5.82 Å². The number of rotatable bonds is 2. The maximum absolute atomic E-state index is 10.9. The fourth-order valence-corrected chi connectivity index (χ4v) is 1.56. The highest BCUT2D eigenvalue weighted by Crippen LogP contribution is 2.21. The number of nitrogen functional groups attached to an aromatic ring is 1. The molecule has 6 nitrogen and oxygen atoms in total. The number of nitrogens with two attached hydrogens (primary N) is 1. The van der Waals surface area contributed by atoms with Crippen molar-refractivity contribution in [3.63, 3.8) is 0 Å². The van der Waals surface area contributed by atoms with Crippen LogP contribution in [0.4, 0.5) is 11.5 Å². The van der Waals surface area contributed by atoms with Crippen LogP contribution in [0.25, 0.3) is 0 Å². The van der Waals surface area contributed by atoms with Crippen LogP contribution in [0.15, 0.2) is 0 Å². The number of aryl methyl sites for hydroxylation is 2. The zero-order valence-electron chi connectivity index (χ0n) is 7.70. The van der Waals surface area contributed by atoms with Crippen molar-refractivity contribution < 1.29 is 8.42 Å². The molecule has 0 aromatic carbocycles. The van der Waals surface area contributed by atoms with E-state index in [9.17, 15) is 8.42 Å². The highest BCUT2D eigenvalue weighted by atomic mass is 32.2. The number of sulfonamides is 1. The molecule has 0 atom stereocenters. The van der Waals surface area contributed by atoms with Crippen LogP contribution in [0.5, 0.6) is 0 Å². The number of nitrogens with one attached hydrogen (secondary N) is 1. The standard InChI is InChI=1S/C6H12N4O2S/c1-4-5(7)6(10(2)8-4)9-13(3,11)12/h9H,7H2,1-3H3. The van der Waals surface area contributed by atoms with E-state index in [0.29, 0.717) is 17.2 Å². The fourth-order valence-electron chi connectivity index (χ4n) is 0.971. The molecular formula is C6H12N4O2S. The van der Waals surface area contributed by atoms with Gasteiger partial charge in [-0.15, -0.1) is 0 Å². The number of anilines is 2. The Morgan fingerprint density at radius 1 is 1.54 bits per heavy atom. The molecule has 0 aliphatic heterocycles. The molecule has 13 heavy (non-hydrogen) atoms. The second-order valence-electron chi connectivity index (χ2n) is 2.85. The van der Waals surface area contributed by atoms with Crippen LogP contribution in [-0.4, -0.2) is 24.5 Å². The van der Waals surface area contributed by atoms with E-state index in [2.05, 4.69) is 9.82 Å². The molecule has 0 amide bonds. The molecule has 0 fully saturated rings. The molecule has 1 aromatic heterocycles. The minimum atomic E-state index is -3.30. The molecule has 0 saturated carbocycles. The number of nitrogens with zero attached hydrogens (tertiary/aromatic N) is 2. The van der Waals surface area contributed by atoms with E-state index >= 15 is 0 Å². The predicted octanol–water partition coefficient (Wildman–Crippen LogP) is -0.318. The van der Waals surface area contributed by atoms with E-state index in [4.69, 9.17) is 5.73 Å². The smallest absolute Gasteiger partial charge is 0.231 e. The Bertz CT molecular complexity index is 420. The second kappa shape index (κ2) is 2.91. The van der Waals surface area contributed by atoms with Crippen molar-refractivity contribution in [1.29, 1.82) is 0 Å². The fraction of sp³-hybridized carbons (Fsp3) is 0.500. The molecule has 0 bridgehead atoms. The van der Waals surface area contributed by atoms with Crippen molar-refractivity contribution in [1.82, 2.24) is 9.78 Å². The molecule has 0 radical (unpaired) electrons. The monoisotopic (exact) mass is 204 g/mol. The van der Waals surface area contributed by atoms with Crippen molar-refractivity contribution in [3.05, 3.63) is 5.69 Å². The first-order valence-corrected chi connectivity index (χ1v) is 5.47. The lowest BCUT2D eigenvalue weighted by molar-refractivity contribution is 0.606. The van der Waals surface area contributed by atoms with Crippen LogP contribution in [0, 0.1) is 6.92 Å². The molecule has 0 aliphatic carbocycles. The normalized spacial score (nSPS) is 11.6. The summed E-state index contributed by atoms with van der Waals surface area (Å²) in [5.74, 6) is 0.306. The van der Waals surface area contributed by atoms with Gasteiger partial charge in [-0.3, -0.25) is 4.72 Å². The Balaban J connectivity index is 3.15. The average molecular weight is 204 g/mol. The first-order chi connectivity index (χ1) is 5.81. The molecule has 1 heterocycles. The molecule has 0 aliphatic rings. The molecule has 3 N–H and O–H groups in total. The van der Waals surface area contributed by atoms with Crippen LogP contribution < -0.4 is 10.5 Å². The van der Waals surface area contributed by atoms with E-state index in [1.165, 1.54) is 4.68 Å². The zero-order chi connectivity index (χ0) is 10.2. The van der Waals surface area contributed by atoms with E-state index in [1.807, 2.05) is 0 Å². The first kappa shape index (κ1) is 9.85. The second-order valence-corrected chi connectivity index (χ2v) is 4.59. The Labute approximate surface area is 76.8 Å². The van der Waals surface area contributed by atoms with Gasteiger partial charge >= 0.3 is 0 Å². The minimum absolute atomic E-state index is 0.306. The van der Waals surface area contributed by atoms with Gasteiger partial charge < -0.3 is 5.73 Å². The summed E-state index contributed by atoms with van der Waals surface area (Å²) < 4.78 is 25.5. The lowest BCUT2D eigenvalue weighted by Gasteiger charge is -2.04. The molecule has 1 rings (SSSR count). The first-order valence-electron chi connectivity index (χ1n) is 3.58. The van der Waals surface area contributed by atoms with Gasteiger partial charge in [0.25, 0.3) is 0 Å². The summed E-state index contributed by atoms with van der Waals surface area (Å²) in [5.41, 5.74) is 6.56. The average Bonchev–Trinajstić information content (AvgIpc) is 2.14. The summed E-state index contributed by atoms with van der Waals surface area (Å²) in [5, 5.41) is 3.96. The number of hydrogen-bond donors (Lipinski definition) is 2. The van der Waals surface area contributed by atoms with Crippen molar-refractivity contribution in [3.8, 4) is 0 Å². The molecule has 1 aromatic rings. The zero-order valence-corrected chi connectivity index (χ0v) is 8.51. The van der Waals surface area contributed by atoms with Crippen LogP contribution in [0.2, 0.25) is 0 Å². The Kier molecular flexibility index (Phi) is 2.21. The molecular weight excluding hydrogens is 192 g/mol. The van der Waals surface area contributed by atoms with Gasteiger partial charge in [-0.2, -0.15) is 5.10 Å². The molecule has 0 unspecified atom stereocenters. The lowest BCUT2D eigenvalue weighted by Crippen LogP contribution is -2.13. The van der Waals surface area contributed by atoms with E-state index in [-0.39, 0.29) is 0 Å². The van der Waals surface area contributed by atoms with Crippen LogP contribution in [0.1, 0.15) is 5.69 Å². The third kappa shape index (κ3) is 2.11. The quantitative estimate of drug-likeness (QED) is 0.691. The van der Waals surface area contributed by atoms with Crippen molar-refractivity contribution in [2.24, 2.45) is 7.05 Å². The highest BCUT2D eigenvalue weighted by molar-refractivity contribution is 7.92. The summed E-state index contributed by atoms with van der Waals surface area (Å²) in [6.07, 6.45) is 1.06. The topological polar surface area (TPSA) is 90.0 Å². The third-order valence-corrected chi connectivity index (χ3v) is 2.11. The molecule has 0 saturated heterocycles. The van der Waals surface area contributed by atoms with Crippen LogP contribution in [-0.2, 0) is 17.1 Å². The van der Waals surface area contributed by atoms with Gasteiger partial charge in [0.1, 0.15) is 0 Å². The van der Waals surface area contributed by atoms with Crippen LogP contribution >= 0.6 is 0 Å². The summed E-state index contributed by atoms with van der Waals surface area (Å²) in [4.78, 5) is 0. The van der Waals surface area contributed by atoms with Crippen molar-refractivity contribution in [2.75, 3.05) is 16.7 Å². The van der Waals surface area contributed by atoms with Gasteiger partial charge in [0.2, 0.25) is 10.0 Å². The lowest BCUT2D eigenvalue weighted by atomic mass is 10.4. The van der Waals surface area contributed by atoms with Gasteiger partial charge in [-0.05, 0) is 6.92 Å². The van der Waals surface area contributed by atoms with Gasteiger partial charge in [0.05, 0.1) is 17.6 Å². The predicted molar refractivity (Wildman–Crippen MR) is 50.8 cm³/mol. The Morgan fingerprint density at radius 2 is 2.08 bits per heavy atom. The van der Waals surface area contributed by atoms with Crippen molar-refractivity contribution in [2.45, 2.75) is 6.92 Å². The molecule has 0 spiro atoms. The number of hydrogen-bond acceptors (Lipinski definition) is 4. The van der Waals surface area contributed by atoms with E-state index < -0.39 is 10.0 Å². The third-order valence-electron chi connectivity index (χ3n) is 1.55. The largest absolute Gasteiger partial charge is 0.394 e. The van der Waals surface area contributed by atoms with Gasteiger partial charge in [-0.25, -0.2) is 13.1 Å². The maximum Gasteiger partial charge on any atom is 0.231 e. The minimum Gasteiger partial charge on any atom is -0.394 e. The van der Waals surface area contributed by atoms with Crippen molar-refractivity contribution >= 4 is 21.5 Å². The summed E-state index contributed by atoms with van der Waals surface area (Å²) in [6, 6.07) is 0. The summed E-state index contributed by atoms with van der Waals surface area (Å²) in [7, 11) is -1.68. The SMILES string of the molecule is Cc1nn(C)c(NS(C)(=O)=O)c1N. The Hall–Kier alpha value is -1.24. The van der Waals surface area contributed by atoms with E-state index in [0.717, 1.165) is 6.26 Å². The van der Waals surface area contributed by atoms with Crippen LogP contribution in [0.3, 0.4) is 0 Å².